The number of carbonyl (C=O) groups is 1. The first-order valence-corrected chi connectivity index (χ1v) is 7.44. The maximum absolute atomic E-state index is 12.3. The van der Waals surface area contributed by atoms with Crippen LogP contribution in [0, 0.1) is 12.8 Å². The fraction of sp³-hybridized carbons (Fsp3) is 0.412. The van der Waals surface area contributed by atoms with E-state index in [1.54, 1.807) is 0 Å². The zero-order valence-electron chi connectivity index (χ0n) is 12.5. The number of aryl methyl sites for hydroxylation is 2. The van der Waals surface area contributed by atoms with Gasteiger partial charge in [0.15, 0.2) is 5.69 Å². The largest absolute Gasteiger partial charge is 0.360 e. The minimum Gasteiger partial charge on any atom is -0.360 e. The van der Waals surface area contributed by atoms with Crippen LogP contribution in [0.25, 0.3) is 0 Å². The molecule has 0 saturated heterocycles. The molecule has 0 aliphatic heterocycles. The van der Waals surface area contributed by atoms with Gasteiger partial charge < -0.3 is 9.84 Å². The van der Waals surface area contributed by atoms with Crippen molar-refractivity contribution in [1.82, 2.24) is 10.5 Å². The molecular formula is C17H20N2O2. The molecule has 0 saturated carbocycles. The second-order valence-electron chi connectivity index (χ2n) is 5.95. The van der Waals surface area contributed by atoms with E-state index in [-0.39, 0.29) is 5.91 Å². The van der Waals surface area contributed by atoms with Gasteiger partial charge in [0.2, 0.25) is 0 Å². The van der Waals surface area contributed by atoms with Gasteiger partial charge in [-0.2, -0.15) is 0 Å². The lowest BCUT2D eigenvalue weighted by Gasteiger charge is -2.16. The van der Waals surface area contributed by atoms with Crippen LogP contribution in [-0.4, -0.2) is 11.1 Å². The molecule has 1 amide bonds. The van der Waals surface area contributed by atoms with Crippen LogP contribution in [0.1, 0.15) is 46.3 Å². The molecule has 0 unspecified atom stereocenters. The summed E-state index contributed by atoms with van der Waals surface area (Å²) in [5, 5.41) is 6.90. The molecule has 4 nitrogen and oxygen atoms in total. The van der Waals surface area contributed by atoms with Gasteiger partial charge in [0.1, 0.15) is 5.76 Å². The maximum Gasteiger partial charge on any atom is 0.274 e. The highest BCUT2D eigenvalue weighted by atomic mass is 16.5. The lowest BCUT2D eigenvalue weighted by molar-refractivity contribution is 0.0941. The molecule has 3 rings (SSSR count). The van der Waals surface area contributed by atoms with Crippen molar-refractivity contribution in [3.05, 3.63) is 52.4 Å². The van der Waals surface area contributed by atoms with E-state index in [1.807, 2.05) is 31.2 Å². The topological polar surface area (TPSA) is 55.1 Å². The molecule has 1 atom stereocenters. The van der Waals surface area contributed by atoms with Gasteiger partial charge in [0, 0.05) is 18.5 Å². The van der Waals surface area contributed by atoms with Crippen LogP contribution >= 0.6 is 0 Å². The number of rotatable bonds is 3. The quantitative estimate of drug-likeness (QED) is 0.942. The SMILES string of the molecule is Cc1ccc(CNC(=O)c2noc3c2C[C@@H](C)CC3)cc1. The minimum absolute atomic E-state index is 0.144. The molecule has 0 radical (unpaired) electrons. The zero-order chi connectivity index (χ0) is 14.8. The molecule has 0 spiro atoms. The number of fused-ring (bicyclic) bond motifs is 1. The smallest absolute Gasteiger partial charge is 0.274 e. The minimum atomic E-state index is -0.144. The third-order valence-electron chi connectivity index (χ3n) is 4.08. The molecule has 0 bridgehead atoms. The number of hydrogen-bond donors (Lipinski definition) is 1. The second-order valence-corrected chi connectivity index (χ2v) is 5.95. The predicted octanol–water partition coefficient (Wildman–Crippen LogP) is 3.04. The lowest BCUT2D eigenvalue weighted by Crippen LogP contribution is -2.25. The number of nitrogens with one attached hydrogen (secondary N) is 1. The predicted molar refractivity (Wildman–Crippen MR) is 80.0 cm³/mol. The molecule has 1 aromatic carbocycles. The van der Waals surface area contributed by atoms with Crippen LogP contribution in [0.3, 0.4) is 0 Å². The van der Waals surface area contributed by atoms with Crippen molar-refractivity contribution in [3.8, 4) is 0 Å². The first-order chi connectivity index (χ1) is 10.1. The highest BCUT2D eigenvalue weighted by molar-refractivity contribution is 5.93. The van der Waals surface area contributed by atoms with Crippen LogP contribution in [0.4, 0.5) is 0 Å². The number of amides is 1. The molecule has 1 aliphatic carbocycles. The van der Waals surface area contributed by atoms with Crippen molar-refractivity contribution in [2.24, 2.45) is 5.92 Å². The lowest BCUT2D eigenvalue weighted by atomic mass is 9.88. The Morgan fingerprint density at radius 3 is 2.90 bits per heavy atom. The number of nitrogens with zero attached hydrogens (tertiary/aromatic N) is 1. The summed E-state index contributed by atoms with van der Waals surface area (Å²) >= 11 is 0. The van der Waals surface area contributed by atoms with E-state index in [1.165, 1.54) is 5.56 Å². The average Bonchev–Trinajstić information content (AvgIpc) is 2.89. The van der Waals surface area contributed by atoms with Gasteiger partial charge in [-0.05, 0) is 31.2 Å². The molecular weight excluding hydrogens is 264 g/mol. The molecule has 0 fully saturated rings. The van der Waals surface area contributed by atoms with Crippen LogP contribution < -0.4 is 5.32 Å². The van der Waals surface area contributed by atoms with Gasteiger partial charge in [-0.3, -0.25) is 4.79 Å². The molecule has 2 aromatic rings. The summed E-state index contributed by atoms with van der Waals surface area (Å²) in [7, 11) is 0. The summed E-state index contributed by atoms with van der Waals surface area (Å²) in [4.78, 5) is 12.3. The Hall–Kier alpha value is -2.10. The van der Waals surface area contributed by atoms with Crippen molar-refractivity contribution >= 4 is 5.91 Å². The maximum atomic E-state index is 12.3. The van der Waals surface area contributed by atoms with Crippen molar-refractivity contribution in [2.75, 3.05) is 0 Å². The summed E-state index contributed by atoms with van der Waals surface area (Å²) in [6.45, 7) is 4.76. The monoisotopic (exact) mass is 284 g/mol. The highest BCUT2D eigenvalue weighted by Gasteiger charge is 2.26. The Morgan fingerprint density at radius 2 is 2.14 bits per heavy atom. The zero-order valence-corrected chi connectivity index (χ0v) is 12.5. The van der Waals surface area contributed by atoms with Crippen LogP contribution in [0.15, 0.2) is 28.8 Å². The summed E-state index contributed by atoms with van der Waals surface area (Å²) in [6.07, 6.45) is 2.87. The van der Waals surface area contributed by atoms with E-state index in [4.69, 9.17) is 4.52 Å². The van der Waals surface area contributed by atoms with E-state index in [2.05, 4.69) is 17.4 Å². The van der Waals surface area contributed by atoms with E-state index >= 15 is 0 Å². The van der Waals surface area contributed by atoms with Crippen molar-refractivity contribution in [1.29, 1.82) is 0 Å². The van der Waals surface area contributed by atoms with Gasteiger partial charge >= 0.3 is 0 Å². The Labute approximate surface area is 124 Å². The third-order valence-corrected chi connectivity index (χ3v) is 4.08. The fourth-order valence-electron chi connectivity index (χ4n) is 2.73. The standard InChI is InChI=1S/C17H20N2O2/c1-11-3-6-13(7-4-11)10-18-17(20)16-14-9-12(2)5-8-15(14)21-19-16/h3-4,6-7,12H,5,8-10H2,1-2H3,(H,18,20)/t12-/m0/s1. The third kappa shape index (κ3) is 2.99. The van der Waals surface area contributed by atoms with Crippen LogP contribution in [-0.2, 0) is 19.4 Å². The van der Waals surface area contributed by atoms with Crippen molar-refractivity contribution in [3.63, 3.8) is 0 Å². The molecule has 1 heterocycles. The summed E-state index contributed by atoms with van der Waals surface area (Å²) < 4.78 is 5.31. The van der Waals surface area contributed by atoms with Gasteiger partial charge in [-0.25, -0.2) is 0 Å². The van der Waals surface area contributed by atoms with E-state index < -0.39 is 0 Å². The van der Waals surface area contributed by atoms with Crippen molar-refractivity contribution in [2.45, 2.75) is 39.7 Å². The molecule has 21 heavy (non-hydrogen) atoms. The molecule has 1 aromatic heterocycles. The Bertz CT molecular complexity index is 643. The Morgan fingerprint density at radius 1 is 1.38 bits per heavy atom. The van der Waals surface area contributed by atoms with Gasteiger partial charge in [0.05, 0.1) is 0 Å². The molecule has 1 aliphatic rings. The summed E-state index contributed by atoms with van der Waals surface area (Å²) in [6, 6.07) is 8.13. The normalized spacial score (nSPS) is 17.3. The number of aromatic nitrogens is 1. The number of hydrogen-bond acceptors (Lipinski definition) is 3. The second kappa shape index (κ2) is 5.72. The van der Waals surface area contributed by atoms with E-state index in [0.717, 1.165) is 36.1 Å². The summed E-state index contributed by atoms with van der Waals surface area (Å²) in [5.74, 6) is 1.32. The van der Waals surface area contributed by atoms with Gasteiger partial charge in [-0.15, -0.1) is 0 Å². The number of carbonyl (C=O) groups excluding carboxylic acids is 1. The first-order valence-electron chi connectivity index (χ1n) is 7.44. The highest BCUT2D eigenvalue weighted by Crippen LogP contribution is 2.27. The van der Waals surface area contributed by atoms with Crippen LogP contribution in [0.5, 0.6) is 0 Å². The van der Waals surface area contributed by atoms with E-state index in [0.29, 0.717) is 18.2 Å². The van der Waals surface area contributed by atoms with Gasteiger partial charge in [0.25, 0.3) is 5.91 Å². The Kier molecular flexibility index (Phi) is 3.78. The fourth-order valence-corrected chi connectivity index (χ4v) is 2.73. The molecule has 4 heteroatoms. The Balaban J connectivity index is 1.68. The van der Waals surface area contributed by atoms with Crippen LogP contribution in [0.2, 0.25) is 0 Å². The number of benzene rings is 1. The molecule has 110 valence electrons. The average molecular weight is 284 g/mol. The first kappa shape index (κ1) is 13.9. The summed E-state index contributed by atoms with van der Waals surface area (Å²) in [5.41, 5.74) is 3.75. The molecule has 1 N–H and O–H groups in total. The van der Waals surface area contributed by atoms with E-state index in [9.17, 15) is 4.79 Å². The van der Waals surface area contributed by atoms with Gasteiger partial charge in [-0.1, -0.05) is 41.9 Å². The van der Waals surface area contributed by atoms with Crippen molar-refractivity contribution < 1.29 is 9.32 Å².